The minimum Gasteiger partial charge on any atom is -0.0861 e. The summed E-state index contributed by atoms with van der Waals surface area (Å²) in [5, 5.41) is 0. The molecule has 0 bridgehead atoms. The lowest BCUT2D eigenvalue weighted by atomic mass is 10.0. The first-order valence-corrected chi connectivity index (χ1v) is 9.10. The van der Waals surface area contributed by atoms with Crippen molar-refractivity contribution >= 4 is 0 Å². The smallest absolute Gasteiger partial charge is 0.0573 e. The van der Waals surface area contributed by atoms with Gasteiger partial charge in [-0.25, -0.2) is 0 Å². The maximum Gasteiger partial charge on any atom is 0.0573 e. The summed E-state index contributed by atoms with van der Waals surface area (Å²) in [6, 6.07) is 6.14. The van der Waals surface area contributed by atoms with Gasteiger partial charge in [0.05, 0.1) is 17.8 Å². The molecule has 3 aliphatic rings. The molecule has 0 fully saturated rings. The molecule has 0 spiro atoms. The predicted octanol–water partition coefficient (Wildman–Crippen LogP) is 4.97. The lowest BCUT2D eigenvalue weighted by Gasteiger charge is -1.99. The van der Waals surface area contributed by atoms with Gasteiger partial charge in [0, 0.05) is 16.7 Å². The maximum atomic E-state index is 3.28. The molecule has 3 aliphatic carbocycles. The summed E-state index contributed by atoms with van der Waals surface area (Å²) in [5.41, 5.74) is 2.86. The molecule has 1 aromatic carbocycles. The van der Waals surface area contributed by atoms with Crippen molar-refractivity contribution in [3.63, 3.8) is 0 Å². The summed E-state index contributed by atoms with van der Waals surface area (Å²) in [6.07, 6.45) is 24.7. The van der Waals surface area contributed by atoms with Crippen molar-refractivity contribution in [2.24, 2.45) is 17.8 Å². The van der Waals surface area contributed by atoms with Crippen molar-refractivity contribution in [2.45, 2.75) is 0 Å². The molecule has 0 saturated carbocycles. The van der Waals surface area contributed by atoms with E-state index in [1.807, 2.05) is 54.7 Å². The minimum atomic E-state index is 0.191. The maximum absolute atomic E-state index is 3.28. The van der Waals surface area contributed by atoms with E-state index < -0.39 is 0 Å². The fraction of sp³-hybridized carbons (Fsp3) is 0.111. The molecule has 0 atom stereocenters. The summed E-state index contributed by atoms with van der Waals surface area (Å²) >= 11 is 0. The summed E-state index contributed by atoms with van der Waals surface area (Å²) in [4.78, 5) is 0. The van der Waals surface area contributed by atoms with Gasteiger partial charge < -0.3 is 0 Å². The highest BCUT2D eigenvalue weighted by Crippen LogP contribution is 2.13. The third-order valence-electron chi connectivity index (χ3n) is 4.33. The molecule has 0 unspecified atom stereocenters. The van der Waals surface area contributed by atoms with Crippen LogP contribution in [-0.2, 0) is 0 Å². The molecule has 0 saturated heterocycles. The monoisotopic (exact) mass is 342 g/mol. The van der Waals surface area contributed by atoms with Gasteiger partial charge in [-0.05, 0) is 18.2 Å². The molecule has 0 amide bonds. The van der Waals surface area contributed by atoms with E-state index in [-0.39, 0.29) is 17.8 Å². The fourth-order valence-electron chi connectivity index (χ4n) is 2.93. The Morgan fingerprint density at radius 1 is 0.407 bits per heavy atom. The van der Waals surface area contributed by atoms with E-state index >= 15 is 0 Å². The van der Waals surface area contributed by atoms with Gasteiger partial charge in [-0.15, -0.1) is 0 Å². The van der Waals surface area contributed by atoms with Crippen LogP contribution in [0.15, 0.2) is 91.1 Å². The average Bonchev–Trinajstić information content (AvgIpc) is 3.46. The average molecular weight is 342 g/mol. The third-order valence-corrected chi connectivity index (χ3v) is 4.33. The van der Waals surface area contributed by atoms with Crippen LogP contribution in [-0.4, -0.2) is 0 Å². The lowest BCUT2D eigenvalue weighted by molar-refractivity contribution is 1.14. The molecule has 1 aromatic rings. The molecule has 0 N–H and O–H groups in total. The first-order valence-electron chi connectivity index (χ1n) is 9.10. The summed E-state index contributed by atoms with van der Waals surface area (Å²) in [5.74, 6) is 20.3. The molecule has 0 heterocycles. The second-order valence-electron chi connectivity index (χ2n) is 6.49. The number of allylic oxidation sites excluding steroid dienone is 12. The largest absolute Gasteiger partial charge is 0.0861 e. The molecule has 0 nitrogen and oxygen atoms in total. The molecule has 0 aromatic heterocycles. The van der Waals surface area contributed by atoms with Crippen molar-refractivity contribution < 1.29 is 0 Å². The second kappa shape index (κ2) is 8.15. The Labute approximate surface area is 161 Å². The highest BCUT2D eigenvalue weighted by atomic mass is 14.0. The van der Waals surface area contributed by atoms with Crippen molar-refractivity contribution in [2.75, 3.05) is 0 Å². The van der Waals surface area contributed by atoms with Gasteiger partial charge in [-0.3, -0.25) is 0 Å². The van der Waals surface area contributed by atoms with E-state index in [1.54, 1.807) is 0 Å². The van der Waals surface area contributed by atoms with Crippen molar-refractivity contribution in [1.29, 1.82) is 0 Å². The standard InChI is InChI=1S/C27H18/c1-2-8-22(7-1)13-16-25-19-26(17-14-23-9-3-4-10-23)21-27(20-25)18-15-24-11-5-6-12-24/h1-12,19-24H. The number of benzene rings is 1. The normalized spacial score (nSPS) is 16.9. The van der Waals surface area contributed by atoms with E-state index in [4.69, 9.17) is 0 Å². The summed E-state index contributed by atoms with van der Waals surface area (Å²) in [6.45, 7) is 0. The highest BCUT2D eigenvalue weighted by Gasteiger charge is 2.02. The van der Waals surface area contributed by atoms with Crippen LogP contribution >= 0.6 is 0 Å². The van der Waals surface area contributed by atoms with Crippen LogP contribution in [0.4, 0.5) is 0 Å². The Balaban J connectivity index is 1.64. The van der Waals surface area contributed by atoms with Crippen LogP contribution in [0.2, 0.25) is 0 Å². The zero-order chi connectivity index (χ0) is 18.3. The van der Waals surface area contributed by atoms with E-state index in [9.17, 15) is 0 Å². The van der Waals surface area contributed by atoms with Crippen molar-refractivity contribution in [3.05, 3.63) is 108 Å². The number of hydrogen-bond acceptors (Lipinski definition) is 0. The van der Waals surface area contributed by atoms with Crippen LogP contribution in [0.3, 0.4) is 0 Å². The molecule has 4 rings (SSSR count). The van der Waals surface area contributed by atoms with Gasteiger partial charge >= 0.3 is 0 Å². The minimum absolute atomic E-state index is 0.191. The second-order valence-corrected chi connectivity index (χ2v) is 6.49. The third kappa shape index (κ3) is 4.70. The Hall–Kier alpha value is -3.66. The van der Waals surface area contributed by atoms with E-state index in [0.717, 1.165) is 16.7 Å². The molecular formula is C27H18. The lowest BCUT2D eigenvalue weighted by Crippen LogP contribution is -1.89. The Bertz CT molecular complexity index is 905. The predicted molar refractivity (Wildman–Crippen MR) is 112 cm³/mol. The van der Waals surface area contributed by atoms with Crippen LogP contribution in [0, 0.1) is 53.3 Å². The van der Waals surface area contributed by atoms with Crippen molar-refractivity contribution in [3.8, 4) is 35.5 Å². The van der Waals surface area contributed by atoms with Gasteiger partial charge in [-0.1, -0.05) is 108 Å². The molecule has 0 aliphatic heterocycles. The van der Waals surface area contributed by atoms with Crippen LogP contribution < -0.4 is 0 Å². The topological polar surface area (TPSA) is 0 Å². The molecule has 0 radical (unpaired) electrons. The Morgan fingerprint density at radius 3 is 0.926 bits per heavy atom. The molecular weight excluding hydrogens is 324 g/mol. The molecule has 0 heteroatoms. The number of rotatable bonds is 0. The Kier molecular flexibility index (Phi) is 5.07. The van der Waals surface area contributed by atoms with Gasteiger partial charge in [-0.2, -0.15) is 0 Å². The zero-order valence-corrected chi connectivity index (χ0v) is 14.9. The SMILES string of the molecule is C(#CC1C=CC=C1)c1cc(C#CC2C=CC=C2)cc(C#CC2C=CC=C2)c1. The highest BCUT2D eigenvalue weighted by molar-refractivity contribution is 5.52. The van der Waals surface area contributed by atoms with Gasteiger partial charge in [0.15, 0.2) is 0 Å². The van der Waals surface area contributed by atoms with E-state index in [0.29, 0.717) is 0 Å². The zero-order valence-electron chi connectivity index (χ0n) is 14.9. The first-order chi connectivity index (χ1) is 13.3. The van der Waals surface area contributed by atoms with E-state index in [2.05, 4.69) is 72.0 Å². The molecule has 126 valence electrons. The fourth-order valence-corrected chi connectivity index (χ4v) is 2.93. The number of hydrogen-bond donors (Lipinski definition) is 0. The van der Waals surface area contributed by atoms with Crippen LogP contribution in [0.5, 0.6) is 0 Å². The molecule has 27 heavy (non-hydrogen) atoms. The van der Waals surface area contributed by atoms with Gasteiger partial charge in [0.2, 0.25) is 0 Å². The quantitative estimate of drug-likeness (QED) is 0.584. The van der Waals surface area contributed by atoms with Crippen molar-refractivity contribution in [1.82, 2.24) is 0 Å². The van der Waals surface area contributed by atoms with Crippen LogP contribution in [0.25, 0.3) is 0 Å². The van der Waals surface area contributed by atoms with Crippen LogP contribution in [0.1, 0.15) is 16.7 Å². The Morgan fingerprint density at radius 2 is 0.667 bits per heavy atom. The van der Waals surface area contributed by atoms with E-state index in [1.165, 1.54) is 0 Å². The summed E-state index contributed by atoms with van der Waals surface area (Å²) < 4.78 is 0. The summed E-state index contributed by atoms with van der Waals surface area (Å²) in [7, 11) is 0. The van der Waals surface area contributed by atoms with Gasteiger partial charge in [0.1, 0.15) is 0 Å². The van der Waals surface area contributed by atoms with Gasteiger partial charge in [0.25, 0.3) is 0 Å². The first kappa shape index (κ1) is 16.8.